The van der Waals surface area contributed by atoms with Gasteiger partial charge in [-0.25, -0.2) is 0 Å². The standard InChI is InChI=1S/C18H21F3N2O2/c19-18(20,21)16-9-13(10-22)1-2-17(16)23-6-3-15(4-7-23)25-12-14-5-8-24-11-14/h1-2,9,14-15H,3-8,11-12H2. The van der Waals surface area contributed by atoms with E-state index in [0.717, 1.165) is 25.7 Å². The van der Waals surface area contributed by atoms with Crippen molar-refractivity contribution in [1.82, 2.24) is 0 Å². The predicted molar refractivity (Wildman–Crippen MR) is 86.3 cm³/mol. The molecule has 0 bridgehead atoms. The molecular weight excluding hydrogens is 333 g/mol. The number of nitrogens with zero attached hydrogens (tertiary/aromatic N) is 2. The molecule has 1 unspecified atom stereocenters. The molecule has 4 nitrogen and oxygen atoms in total. The average molecular weight is 354 g/mol. The molecule has 2 saturated heterocycles. The number of nitriles is 1. The number of halogens is 3. The first-order valence-electron chi connectivity index (χ1n) is 8.53. The molecule has 2 heterocycles. The lowest BCUT2D eigenvalue weighted by Crippen LogP contribution is -2.38. The highest BCUT2D eigenvalue weighted by molar-refractivity contribution is 5.58. The van der Waals surface area contributed by atoms with Gasteiger partial charge in [0.05, 0.1) is 36.5 Å². The summed E-state index contributed by atoms with van der Waals surface area (Å²) >= 11 is 0. The Balaban J connectivity index is 1.61. The van der Waals surface area contributed by atoms with Gasteiger partial charge in [0.25, 0.3) is 0 Å². The van der Waals surface area contributed by atoms with Gasteiger partial charge in [-0.05, 0) is 37.5 Å². The van der Waals surface area contributed by atoms with Crippen molar-refractivity contribution >= 4 is 5.69 Å². The zero-order valence-electron chi connectivity index (χ0n) is 13.9. The van der Waals surface area contributed by atoms with Gasteiger partial charge in [0.2, 0.25) is 0 Å². The fourth-order valence-corrected chi connectivity index (χ4v) is 3.36. The maximum absolute atomic E-state index is 13.3. The summed E-state index contributed by atoms with van der Waals surface area (Å²) < 4.78 is 51.2. The van der Waals surface area contributed by atoms with E-state index in [-0.39, 0.29) is 17.4 Å². The summed E-state index contributed by atoms with van der Waals surface area (Å²) in [6, 6.07) is 5.54. The molecule has 0 amide bonds. The zero-order chi connectivity index (χ0) is 17.9. The van der Waals surface area contributed by atoms with E-state index in [0.29, 0.717) is 38.5 Å². The third-order valence-corrected chi connectivity index (χ3v) is 4.81. The van der Waals surface area contributed by atoms with Crippen LogP contribution in [0.1, 0.15) is 30.4 Å². The zero-order valence-corrected chi connectivity index (χ0v) is 13.9. The van der Waals surface area contributed by atoms with Crippen LogP contribution in [0.4, 0.5) is 18.9 Å². The van der Waals surface area contributed by atoms with Crippen LogP contribution in [0, 0.1) is 17.2 Å². The van der Waals surface area contributed by atoms with Crippen molar-refractivity contribution in [2.75, 3.05) is 37.8 Å². The fraction of sp³-hybridized carbons (Fsp3) is 0.611. The molecule has 2 fully saturated rings. The fourth-order valence-electron chi connectivity index (χ4n) is 3.36. The Morgan fingerprint density at radius 2 is 2.00 bits per heavy atom. The smallest absolute Gasteiger partial charge is 0.381 e. The number of benzene rings is 1. The summed E-state index contributed by atoms with van der Waals surface area (Å²) in [5.74, 6) is 0.438. The second-order valence-corrected chi connectivity index (χ2v) is 6.59. The minimum Gasteiger partial charge on any atom is -0.381 e. The van der Waals surface area contributed by atoms with Crippen LogP contribution < -0.4 is 4.90 Å². The number of hydrogen-bond donors (Lipinski definition) is 0. The molecule has 0 aromatic heterocycles. The van der Waals surface area contributed by atoms with E-state index >= 15 is 0 Å². The molecule has 25 heavy (non-hydrogen) atoms. The van der Waals surface area contributed by atoms with E-state index in [4.69, 9.17) is 14.7 Å². The molecule has 1 atom stereocenters. The average Bonchev–Trinajstić information content (AvgIpc) is 3.13. The highest BCUT2D eigenvalue weighted by atomic mass is 19.4. The first-order valence-corrected chi connectivity index (χ1v) is 8.53. The van der Waals surface area contributed by atoms with Crippen LogP contribution in [0.3, 0.4) is 0 Å². The number of anilines is 1. The molecule has 2 aliphatic heterocycles. The van der Waals surface area contributed by atoms with Gasteiger partial charge in [-0.15, -0.1) is 0 Å². The molecule has 0 N–H and O–H groups in total. The first-order chi connectivity index (χ1) is 12.0. The van der Waals surface area contributed by atoms with E-state index in [2.05, 4.69) is 0 Å². The van der Waals surface area contributed by atoms with E-state index < -0.39 is 11.7 Å². The van der Waals surface area contributed by atoms with Crippen molar-refractivity contribution in [3.63, 3.8) is 0 Å². The quantitative estimate of drug-likeness (QED) is 0.829. The lowest BCUT2D eigenvalue weighted by Gasteiger charge is -2.35. The van der Waals surface area contributed by atoms with Gasteiger partial charge < -0.3 is 14.4 Å². The van der Waals surface area contributed by atoms with Gasteiger partial charge in [0.15, 0.2) is 0 Å². The SMILES string of the molecule is N#Cc1ccc(N2CCC(OCC3CCOC3)CC2)c(C(F)(F)F)c1. The molecule has 2 aliphatic rings. The summed E-state index contributed by atoms with van der Waals surface area (Å²) in [4.78, 5) is 1.74. The molecule has 0 spiro atoms. The number of hydrogen-bond acceptors (Lipinski definition) is 4. The molecule has 0 saturated carbocycles. The van der Waals surface area contributed by atoms with Crippen LogP contribution in [0.5, 0.6) is 0 Å². The number of alkyl halides is 3. The Kier molecular flexibility index (Phi) is 5.50. The normalized spacial score (nSPS) is 22.2. The van der Waals surface area contributed by atoms with Crippen LogP contribution in [-0.2, 0) is 15.7 Å². The lowest BCUT2D eigenvalue weighted by atomic mass is 10.0. The van der Waals surface area contributed by atoms with E-state index in [1.54, 1.807) is 11.0 Å². The summed E-state index contributed by atoms with van der Waals surface area (Å²) in [5.41, 5.74) is -0.573. The molecule has 1 aromatic rings. The van der Waals surface area contributed by atoms with Crippen molar-refractivity contribution in [2.24, 2.45) is 5.92 Å². The topological polar surface area (TPSA) is 45.5 Å². The monoisotopic (exact) mass is 354 g/mol. The largest absolute Gasteiger partial charge is 0.418 e. The second-order valence-electron chi connectivity index (χ2n) is 6.59. The second kappa shape index (κ2) is 7.63. The Bertz CT molecular complexity index is 628. The third-order valence-electron chi connectivity index (χ3n) is 4.81. The molecular formula is C18H21F3N2O2. The van der Waals surface area contributed by atoms with Gasteiger partial charge in [-0.2, -0.15) is 18.4 Å². The van der Waals surface area contributed by atoms with Crippen LogP contribution in [-0.4, -0.2) is 39.0 Å². The Labute approximate surface area is 145 Å². The van der Waals surface area contributed by atoms with Crippen molar-refractivity contribution < 1.29 is 22.6 Å². The van der Waals surface area contributed by atoms with Crippen LogP contribution in [0.15, 0.2) is 18.2 Å². The van der Waals surface area contributed by atoms with Crippen molar-refractivity contribution in [1.29, 1.82) is 5.26 Å². The Morgan fingerprint density at radius 3 is 2.60 bits per heavy atom. The van der Waals surface area contributed by atoms with E-state index in [9.17, 15) is 13.2 Å². The minimum absolute atomic E-state index is 0.0214. The lowest BCUT2D eigenvalue weighted by molar-refractivity contribution is -0.137. The Morgan fingerprint density at radius 1 is 1.24 bits per heavy atom. The van der Waals surface area contributed by atoms with Crippen LogP contribution in [0.2, 0.25) is 0 Å². The highest BCUT2D eigenvalue weighted by Gasteiger charge is 2.36. The first kappa shape index (κ1) is 18.0. The number of ether oxygens (including phenoxy) is 2. The van der Waals surface area contributed by atoms with Gasteiger partial charge in [-0.1, -0.05) is 0 Å². The predicted octanol–water partition coefficient (Wildman–Crippen LogP) is 3.60. The molecule has 0 aliphatic carbocycles. The molecule has 1 aromatic carbocycles. The van der Waals surface area contributed by atoms with E-state index in [1.807, 2.05) is 0 Å². The van der Waals surface area contributed by atoms with Crippen molar-refractivity contribution in [2.45, 2.75) is 31.5 Å². The van der Waals surface area contributed by atoms with Crippen molar-refractivity contribution in [3.8, 4) is 6.07 Å². The van der Waals surface area contributed by atoms with Crippen molar-refractivity contribution in [3.05, 3.63) is 29.3 Å². The van der Waals surface area contributed by atoms with Gasteiger partial charge >= 0.3 is 6.18 Å². The van der Waals surface area contributed by atoms with E-state index in [1.165, 1.54) is 12.1 Å². The molecule has 7 heteroatoms. The van der Waals surface area contributed by atoms with Gasteiger partial charge in [0, 0.05) is 31.3 Å². The third kappa shape index (κ3) is 4.44. The van der Waals surface area contributed by atoms with Gasteiger partial charge in [0.1, 0.15) is 0 Å². The maximum atomic E-state index is 13.3. The van der Waals surface area contributed by atoms with Crippen LogP contribution >= 0.6 is 0 Å². The highest BCUT2D eigenvalue weighted by Crippen LogP contribution is 2.38. The molecule has 3 rings (SSSR count). The number of piperidine rings is 1. The Hall–Kier alpha value is -1.78. The summed E-state index contributed by atoms with van der Waals surface area (Å²) in [7, 11) is 0. The molecule has 0 radical (unpaired) electrons. The minimum atomic E-state index is -4.47. The maximum Gasteiger partial charge on any atom is 0.418 e. The summed E-state index contributed by atoms with van der Waals surface area (Å²) in [6.07, 6.45) is -1.98. The molecule has 136 valence electrons. The van der Waals surface area contributed by atoms with Crippen LogP contribution in [0.25, 0.3) is 0 Å². The number of rotatable bonds is 4. The van der Waals surface area contributed by atoms with Gasteiger partial charge in [-0.3, -0.25) is 0 Å². The summed E-state index contributed by atoms with van der Waals surface area (Å²) in [5, 5.41) is 8.86. The summed E-state index contributed by atoms with van der Waals surface area (Å²) in [6.45, 7) is 3.21.